The third-order valence-corrected chi connectivity index (χ3v) is 8.46. The van der Waals surface area contributed by atoms with Gasteiger partial charge in [0.05, 0.1) is 24.3 Å². The van der Waals surface area contributed by atoms with Gasteiger partial charge in [-0.15, -0.1) is 10.2 Å². The Morgan fingerprint density at radius 3 is 2.55 bits per heavy atom. The highest BCUT2D eigenvalue weighted by atomic mass is 16.6. The maximum atomic E-state index is 13.9. The van der Waals surface area contributed by atoms with Crippen molar-refractivity contribution in [3.05, 3.63) is 46.9 Å². The van der Waals surface area contributed by atoms with Gasteiger partial charge in [-0.25, -0.2) is 14.8 Å². The highest BCUT2D eigenvalue weighted by Crippen LogP contribution is 2.40. The maximum Gasteiger partial charge on any atom is 0.410 e. The van der Waals surface area contributed by atoms with Crippen molar-refractivity contribution < 1.29 is 14.3 Å². The topological polar surface area (TPSA) is 110 Å². The summed E-state index contributed by atoms with van der Waals surface area (Å²) in [6.07, 6.45) is 0.412. The lowest BCUT2D eigenvalue weighted by Crippen LogP contribution is -2.34. The van der Waals surface area contributed by atoms with Gasteiger partial charge in [-0.2, -0.15) is 0 Å². The van der Waals surface area contributed by atoms with Gasteiger partial charge in [0.2, 0.25) is 0 Å². The summed E-state index contributed by atoms with van der Waals surface area (Å²) in [6, 6.07) is 7.65. The van der Waals surface area contributed by atoms with E-state index in [2.05, 4.69) is 49.4 Å². The summed E-state index contributed by atoms with van der Waals surface area (Å²) < 4.78 is 7.74. The Balaban J connectivity index is 1.50. The molecule has 0 radical (unpaired) electrons. The number of aromatic nitrogens is 5. The van der Waals surface area contributed by atoms with Crippen LogP contribution in [0, 0.1) is 5.92 Å². The maximum absolute atomic E-state index is 13.9. The van der Waals surface area contributed by atoms with Crippen LogP contribution in [0.25, 0.3) is 11.5 Å². The molecule has 0 aliphatic carbocycles. The number of pyridine rings is 2. The lowest BCUT2D eigenvalue weighted by Gasteiger charge is -2.27. The summed E-state index contributed by atoms with van der Waals surface area (Å²) in [5.41, 5.74) is 1.89. The van der Waals surface area contributed by atoms with Crippen molar-refractivity contribution in [3.8, 4) is 11.5 Å². The Morgan fingerprint density at radius 1 is 1.17 bits per heavy atom. The van der Waals surface area contributed by atoms with Crippen molar-refractivity contribution in [1.29, 1.82) is 0 Å². The fraction of sp³-hybridized carbons (Fsp3) is 0.548. The molecule has 5 rings (SSSR count). The van der Waals surface area contributed by atoms with Crippen LogP contribution in [0.4, 0.5) is 16.4 Å². The van der Waals surface area contributed by atoms with Crippen molar-refractivity contribution in [3.63, 3.8) is 0 Å². The van der Waals surface area contributed by atoms with Gasteiger partial charge in [-0.3, -0.25) is 9.69 Å². The standard InChI is InChI=1S/C31H42N8O3/c1-18(2)37(10)25-15-20-21(23(33-25)17-36(9)29(41)42-30(4,5)6)16-38(28(20)40)24-13-11-12-22(32-24)27-35-34-26-14-19(3)31(7,8)39(26)27/h11-13,15,18-19H,14,16-17H2,1-10H3. The molecule has 0 bridgehead atoms. The smallest absolute Gasteiger partial charge is 0.410 e. The van der Waals surface area contributed by atoms with E-state index in [1.807, 2.05) is 57.0 Å². The molecular weight excluding hydrogens is 532 g/mol. The number of fused-ring (bicyclic) bond motifs is 2. The quantitative estimate of drug-likeness (QED) is 0.403. The zero-order valence-electron chi connectivity index (χ0n) is 26.4. The van der Waals surface area contributed by atoms with Crippen LogP contribution in [0.15, 0.2) is 24.3 Å². The summed E-state index contributed by atoms with van der Waals surface area (Å²) in [7, 11) is 3.63. The van der Waals surface area contributed by atoms with E-state index in [1.165, 1.54) is 4.90 Å². The van der Waals surface area contributed by atoms with Crippen LogP contribution in [0.1, 0.15) is 82.8 Å². The predicted molar refractivity (Wildman–Crippen MR) is 161 cm³/mol. The molecule has 5 heterocycles. The average molecular weight is 575 g/mol. The Labute approximate surface area is 247 Å². The number of carbonyl (C=O) groups excluding carboxylic acids is 2. The third-order valence-electron chi connectivity index (χ3n) is 8.46. The zero-order chi connectivity index (χ0) is 30.7. The fourth-order valence-corrected chi connectivity index (χ4v) is 5.40. The van der Waals surface area contributed by atoms with Crippen LogP contribution in [0.2, 0.25) is 0 Å². The van der Waals surface area contributed by atoms with E-state index in [-0.39, 0.29) is 24.0 Å². The summed E-state index contributed by atoms with van der Waals surface area (Å²) in [4.78, 5) is 41.7. The molecule has 0 N–H and O–H groups in total. The average Bonchev–Trinajstić information content (AvgIpc) is 3.55. The van der Waals surface area contributed by atoms with E-state index in [1.54, 1.807) is 11.9 Å². The summed E-state index contributed by atoms with van der Waals surface area (Å²) in [5.74, 6) is 3.11. The minimum absolute atomic E-state index is 0.148. The van der Waals surface area contributed by atoms with Gasteiger partial charge in [-0.1, -0.05) is 13.0 Å². The van der Waals surface area contributed by atoms with E-state index >= 15 is 0 Å². The van der Waals surface area contributed by atoms with Crippen molar-refractivity contribution in [2.45, 2.75) is 92.1 Å². The molecule has 224 valence electrons. The Hall–Kier alpha value is -4.02. The lowest BCUT2D eigenvalue weighted by atomic mass is 9.90. The summed E-state index contributed by atoms with van der Waals surface area (Å²) >= 11 is 0. The first-order valence-corrected chi connectivity index (χ1v) is 14.5. The van der Waals surface area contributed by atoms with Crippen molar-refractivity contribution in [2.75, 3.05) is 23.9 Å². The number of amides is 2. The minimum Gasteiger partial charge on any atom is -0.444 e. The van der Waals surface area contributed by atoms with Gasteiger partial charge in [0.1, 0.15) is 28.8 Å². The van der Waals surface area contributed by atoms with Crippen LogP contribution >= 0.6 is 0 Å². The molecule has 0 saturated heterocycles. The van der Waals surface area contributed by atoms with Crippen LogP contribution in [0.5, 0.6) is 0 Å². The molecule has 2 aliphatic rings. The van der Waals surface area contributed by atoms with Gasteiger partial charge in [0.15, 0.2) is 5.82 Å². The molecule has 2 aliphatic heterocycles. The highest BCUT2D eigenvalue weighted by molar-refractivity contribution is 6.10. The molecule has 3 aromatic heterocycles. The van der Waals surface area contributed by atoms with E-state index in [0.717, 1.165) is 17.8 Å². The lowest BCUT2D eigenvalue weighted by molar-refractivity contribution is 0.0282. The van der Waals surface area contributed by atoms with Gasteiger partial charge in [0, 0.05) is 37.7 Å². The van der Waals surface area contributed by atoms with Crippen LogP contribution in [0.3, 0.4) is 0 Å². The minimum atomic E-state index is -0.623. The molecule has 0 aromatic carbocycles. The van der Waals surface area contributed by atoms with E-state index < -0.39 is 11.7 Å². The molecular formula is C31H42N8O3. The Morgan fingerprint density at radius 2 is 1.88 bits per heavy atom. The predicted octanol–water partition coefficient (Wildman–Crippen LogP) is 5.03. The fourth-order valence-electron chi connectivity index (χ4n) is 5.40. The number of anilines is 2. The monoisotopic (exact) mass is 574 g/mol. The second-order valence-corrected chi connectivity index (χ2v) is 13.3. The van der Waals surface area contributed by atoms with Gasteiger partial charge in [-0.05, 0) is 72.6 Å². The third kappa shape index (κ3) is 5.20. The molecule has 0 fully saturated rings. The van der Waals surface area contributed by atoms with Crippen LogP contribution in [-0.4, -0.2) is 67.4 Å². The first kappa shape index (κ1) is 29.5. The molecule has 3 aromatic rings. The number of hydrogen-bond donors (Lipinski definition) is 0. The molecule has 1 unspecified atom stereocenters. The SMILES string of the molecule is CC(C)N(C)c1cc2c(c(CN(C)C(=O)OC(C)(C)C)n1)CN(c1cccc(-c3nnc4n3C(C)(C)C(C)C4)n1)C2=O. The molecule has 0 saturated carbocycles. The van der Waals surface area contributed by atoms with Crippen LogP contribution < -0.4 is 9.80 Å². The van der Waals surface area contributed by atoms with Crippen molar-refractivity contribution >= 4 is 23.6 Å². The van der Waals surface area contributed by atoms with Gasteiger partial charge in [0.25, 0.3) is 5.91 Å². The van der Waals surface area contributed by atoms with E-state index in [4.69, 9.17) is 14.7 Å². The first-order chi connectivity index (χ1) is 19.6. The number of ether oxygens (including phenoxy) is 1. The largest absolute Gasteiger partial charge is 0.444 e. The number of hydrogen-bond acceptors (Lipinski definition) is 8. The molecule has 11 heteroatoms. The summed E-state index contributed by atoms with van der Waals surface area (Å²) in [5, 5.41) is 8.93. The normalized spacial score (nSPS) is 17.5. The Kier molecular flexibility index (Phi) is 7.27. The zero-order valence-corrected chi connectivity index (χ0v) is 26.4. The van der Waals surface area contributed by atoms with E-state index in [0.29, 0.717) is 46.9 Å². The number of nitrogens with zero attached hydrogens (tertiary/aromatic N) is 8. The van der Waals surface area contributed by atoms with E-state index in [9.17, 15) is 9.59 Å². The second-order valence-electron chi connectivity index (χ2n) is 13.3. The first-order valence-electron chi connectivity index (χ1n) is 14.5. The van der Waals surface area contributed by atoms with Crippen molar-refractivity contribution in [1.82, 2.24) is 29.6 Å². The molecule has 11 nitrogen and oxygen atoms in total. The van der Waals surface area contributed by atoms with Gasteiger partial charge < -0.3 is 19.1 Å². The molecule has 0 spiro atoms. The number of carbonyl (C=O) groups is 2. The van der Waals surface area contributed by atoms with Crippen molar-refractivity contribution in [2.24, 2.45) is 5.92 Å². The summed E-state index contributed by atoms with van der Waals surface area (Å²) in [6.45, 7) is 16.7. The Bertz CT molecular complexity index is 1540. The second kappa shape index (κ2) is 10.4. The highest BCUT2D eigenvalue weighted by Gasteiger charge is 2.40. The van der Waals surface area contributed by atoms with Gasteiger partial charge >= 0.3 is 6.09 Å². The molecule has 42 heavy (non-hydrogen) atoms. The molecule has 1 atom stereocenters. The van der Waals surface area contributed by atoms with Crippen LogP contribution in [-0.2, 0) is 29.8 Å². The number of rotatable bonds is 6. The molecule has 2 amide bonds.